The SMILES string of the molecule is Cc1ccnc(Oc2cc(C(=O)O)ccc2Br)c1. The van der Waals surface area contributed by atoms with Crippen LogP contribution in [0.15, 0.2) is 41.0 Å². The van der Waals surface area contributed by atoms with Crippen molar-refractivity contribution in [1.29, 1.82) is 0 Å². The fraction of sp³-hybridized carbons (Fsp3) is 0.0769. The summed E-state index contributed by atoms with van der Waals surface area (Å²) in [5, 5.41) is 8.92. The Morgan fingerprint density at radius 1 is 1.33 bits per heavy atom. The standard InChI is InChI=1S/C13H10BrNO3/c1-8-4-5-15-12(6-8)18-11-7-9(13(16)17)2-3-10(11)14/h2-7H,1H3,(H,16,17). The van der Waals surface area contributed by atoms with Gasteiger partial charge in [-0.05, 0) is 52.7 Å². The second-order valence-electron chi connectivity index (χ2n) is 3.72. The molecule has 92 valence electrons. The fourth-order valence-electron chi connectivity index (χ4n) is 1.39. The van der Waals surface area contributed by atoms with Crippen LogP contribution < -0.4 is 4.74 Å². The predicted octanol–water partition coefficient (Wildman–Crippen LogP) is 3.64. The Morgan fingerprint density at radius 3 is 2.78 bits per heavy atom. The summed E-state index contributed by atoms with van der Waals surface area (Å²) in [6.07, 6.45) is 1.64. The van der Waals surface area contributed by atoms with Gasteiger partial charge in [-0.1, -0.05) is 0 Å². The summed E-state index contributed by atoms with van der Waals surface area (Å²) >= 11 is 3.31. The van der Waals surface area contributed by atoms with Gasteiger partial charge < -0.3 is 9.84 Å². The predicted molar refractivity (Wildman–Crippen MR) is 70.1 cm³/mol. The molecule has 1 heterocycles. The third kappa shape index (κ3) is 2.87. The van der Waals surface area contributed by atoms with Crippen molar-refractivity contribution in [1.82, 2.24) is 4.98 Å². The lowest BCUT2D eigenvalue weighted by molar-refractivity contribution is 0.0696. The molecule has 1 aromatic heterocycles. The molecule has 0 aliphatic heterocycles. The maximum absolute atomic E-state index is 10.9. The Labute approximate surface area is 112 Å². The maximum Gasteiger partial charge on any atom is 0.335 e. The number of rotatable bonds is 3. The van der Waals surface area contributed by atoms with E-state index in [1.807, 2.05) is 13.0 Å². The van der Waals surface area contributed by atoms with Crippen molar-refractivity contribution < 1.29 is 14.6 Å². The Hall–Kier alpha value is -1.88. The number of nitrogens with zero attached hydrogens (tertiary/aromatic N) is 1. The number of hydrogen-bond acceptors (Lipinski definition) is 3. The minimum atomic E-state index is -0.996. The van der Waals surface area contributed by atoms with Crippen LogP contribution in [0.25, 0.3) is 0 Å². The molecule has 1 N–H and O–H groups in total. The molecule has 0 aliphatic rings. The van der Waals surface area contributed by atoms with E-state index in [0.29, 0.717) is 16.1 Å². The summed E-state index contributed by atoms with van der Waals surface area (Å²) in [6, 6.07) is 8.23. The highest BCUT2D eigenvalue weighted by Crippen LogP contribution is 2.30. The Kier molecular flexibility index (Phi) is 3.62. The fourth-order valence-corrected chi connectivity index (χ4v) is 1.72. The van der Waals surface area contributed by atoms with Crippen molar-refractivity contribution in [3.8, 4) is 11.6 Å². The van der Waals surface area contributed by atoms with Gasteiger partial charge in [-0.25, -0.2) is 9.78 Å². The molecule has 2 aromatic rings. The zero-order valence-corrected chi connectivity index (χ0v) is 11.1. The van der Waals surface area contributed by atoms with E-state index in [9.17, 15) is 4.79 Å². The van der Waals surface area contributed by atoms with Crippen LogP contribution in [0.2, 0.25) is 0 Å². The Morgan fingerprint density at radius 2 is 2.11 bits per heavy atom. The zero-order chi connectivity index (χ0) is 13.1. The average Bonchev–Trinajstić information content (AvgIpc) is 2.31. The highest BCUT2D eigenvalue weighted by atomic mass is 79.9. The third-order valence-electron chi connectivity index (χ3n) is 2.28. The van der Waals surface area contributed by atoms with Gasteiger partial charge in [-0.3, -0.25) is 0 Å². The van der Waals surface area contributed by atoms with Crippen LogP contribution in [0.4, 0.5) is 0 Å². The molecule has 0 spiro atoms. The topological polar surface area (TPSA) is 59.4 Å². The monoisotopic (exact) mass is 307 g/mol. The Bertz CT molecular complexity index is 599. The number of hydrogen-bond donors (Lipinski definition) is 1. The largest absolute Gasteiger partial charge is 0.478 e. The van der Waals surface area contributed by atoms with Gasteiger partial charge in [0.05, 0.1) is 10.0 Å². The third-order valence-corrected chi connectivity index (χ3v) is 2.94. The van der Waals surface area contributed by atoms with Crippen LogP contribution in [0.1, 0.15) is 15.9 Å². The number of halogens is 1. The van der Waals surface area contributed by atoms with E-state index >= 15 is 0 Å². The van der Waals surface area contributed by atoms with E-state index in [2.05, 4.69) is 20.9 Å². The second-order valence-corrected chi connectivity index (χ2v) is 4.58. The van der Waals surface area contributed by atoms with Crippen molar-refractivity contribution >= 4 is 21.9 Å². The molecule has 0 fully saturated rings. The average molecular weight is 308 g/mol. The van der Waals surface area contributed by atoms with E-state index in [-0.39, 0.29) is 5.56 Å². The van der Waals surface area contributed by atoms with Gasteiger partial charge in [-0.15, -0.1) is 0 Å². The molecule has 0 saturated carbocycles. The number of carboxylic acids is 1. The molecule has 18 heavy (non-hydrogen) atoms. The number of aromatic carboxylic acids is 1. The summed E-state index contributed by atoms with van der Waals surface area (Å²) in [5.41, 5.74) is 1.19. The minimum Gasteiger partial charge on any atom is -0.478 e. The molecular weight excluding hydrogens is 298 g/mol. The van der Waals surface area contributed by atoms with Crippen molar-refractivity contribution in [3.63, 3.8) is 0 Å². The molecule has 0 amide bonds. The molecule has 1 aromatic carbocycles. The molecule has 0 bridgehead atoms. The lowest BCUT2D eigenvalue weighted by atomic mass is 10.2. The first-order chi connectivity index (χ1) is 8.56. The number of carbonyl (C=O) groups is 1. The summed E-state index contributed by atoms with van der Waals surface area (Å²) in [7, 11) is 0. The van der Waals surface area contributed by atoms with Gasteiger partial charge in [-0.2, -0.15) is 0 Å². The number of ether oxygens (including phenoxy) is 1. The van der Waals surface area contributed by atoms with Crippen LogP contribution in [-0.2, 0) is 0 Å². The number of aromatic nitrogens is 1. The zero-order valence-electron chi connectivity index (χ0n) is 9.55. The smallest absolute Gasteiger partial charge is 0.335 e. The van der Waals surface area contributed by atoms with Crippen LogP contribution in [0.3, 0.4) is 0 Å². The highest BCUT2D eigenvalue weighted by molar-refractivity contribution is 9.10. The molecule has 0 unspecified atom stereocenters. The summed E-state index contributed by atoms with van der Waals surface area (Å²) in [4.78, 5) is 14.9. The van der Waals surface area contributed by atoms with E-state index in [4.69, 9.17) is 9.84 Å². The molecule has 0 saturated heterocycles. The van der Waals surface area contributed by atoms with Gasteiger partial charge in [0.2, 0.25) is 5.88 Å². The van der Waals surface area contributed by atoms with Gasteiger partial charge in [0.15, 0.2) is 0 Å². The first kappa shape index (κ1) is 12.6. The lowest BCUT2D eigenvalue weighted by Gasteiger charge is -2.08. The van der Waals surface area contributed by atoms with Gasteiger partial charge in [0, 0.05) is 12.3 Å². The normalized spacial score (nSPS) is 10.1. The van der Waals surface area contributed by atoms with Gasteiger partial charge >= 0.3 is 5.97 Å². The second kappa shape index (κ2) is 5.18. The van der Waals surface area contributed by atoms with Crippen molar-refractivity contribution in [3.05, 3.63) is 52.1 Å². The molecular formula is C13H10BrNO3. The number of carboxylic acid groups (broad SMARTS) is 1. The summed E-state index contributed by atoms with van der Waals surface area (Å²) < 4.78 is 6.24. The molecule has 5 heteroatoms. The molecule has 0 atom stereocenters. The van der Waals surface area contributed by atoms with Crippen LogP contribution in [-0.4, -0.2) is 16.1 Å². The van der Waals surface area contributed by atoms with E-state index in [1.165, 1.54) is 12.1 Å². The number of benzene rings is 1. The first-order valence-electron chi connectivity index (χ1n) is 5.19. The van der Waals surface area contributed by atoms with E-state index < -0.39 is 5.97 Å². The summed E-state index contributed by atoms with van der Waals surface area (Å²) in [6.45, 7) is 1.93. The van der Waals surface area contributed by atoms with Gasteiger partial charge in [0.25, 0.3) is 0 Å². The van der Waals surface area contributed by atoms with Crippen LogP contribution in [0.5, 0.6) is 11.6 Å². The molecule has 0 aliphatic carbocycles. The molecule has 2 rings (SSSR count). The first-order valence-corrected chi connectivity index (χ1v) is 5.99. The van der Waals surface area contributed by atoms with Crippen LogP contribution >= 0.6 is 15.9 Å². The summed E-state index contributed by atoms with van der Waals surface area (Å²) in [5.74, 6) is -0.143. The van der Waals surface area contributed by atoms with Crippen molar-refractivity contribution in [2.75, 3.05) is 0 Å². The number of pyridine rings is 1. The minimum absolute atomic E-state index is 0.167. The quantitative estimate of drug-likeness (QED) is 0.940. The number of aryl methyl sites for hydroxylation is 1. The van der Waals surface area contributed by atoms with Crippen molar-refractivity contribution in [2.24, 2.45) is 0 Å². The Balaban J connectivity index is 2.33. The van der Waals surface area contributed by atoms with Gasteiger partial charge in [0.1, 0.15) is 5.75 Å². The maximum atomic E-state index is 10.9. The molecule has 4 nitrogen and oxygen atoms in total. The van der Waals surface area contributed by atoms with Crippen molar-refractivity contribution in [2.45, 2.75) is 6.92 Å². The van der Waals surface area contributed by atoms with Crippen LogP contribution in [0, 0.1) is 6.92 Å². The highest BCUT2D eigenvalue weighted by Gasteiger charge is 2.09. The van der Waals surface area contributed by atoms with E-state index in [1.54, 1.807) is 18.3 Å². The lowest BCUT2D eigenvalue weighted by Crippen LogP contribution is -1.97. The molecule has 0 radical (unpaired) electrons. The van der Waals surface area contributed by atoms with E-state index in [0.717, 1.165) is 5.56 Å².